The Kier molecular flexibility index (Phi) is 7.14. The molecule has 19 heavy (non-hydrogen) atoms. The highest BCUT2D eigenvalue weighted by Gasteiger charge is 2.28. The van der Waals surface area contributed by atoms with E-state index >= 15 is 0 Å². The van der Waals surface area contributed by atoms with Crippen molar-refractivity contribution in [2.45, 2.75) is 33.1 Å². The van der Waals surface area contributed by atoms with Crippen molar-refractivity contribution in [3.8, 4) is 0 Å². The minimum Gasteiger partial charge on any atom is -0.342 e. The lowest BCUT2D eigenvalue weighted by atomic mass is 9.84. The third kappa shape index (κ3) is 4.34. The van der Waals surface area contributed by atoms with E-state index < -0.39 is 0 Å². The Balaban J connectivity index is 3.00. The smallest absolute Gasteiger partial charge is 0.230 e. The fraction of sp³-hybridized carbons (Fsp3) is 0.562. The van der Waals surface area contributed by atoms with Gasteiger partial charge in [0, 0.05) is 18.4 Å². The number of rotatable bonds is 7. The number of amides is 1. The number of alkyl halides is 1. The maximum Gasteiger partial charge on any atom is 0.230 e. The molecule has 1 aromatic carbocycles. The second-order valence-corrected chi connectivity index (χ2v) is 5.67. The molecule has 1 amide bonds. The van der Waals surface area contributed by atoms with E-state index in [-0.39, 0.29) is 11.8 Å². The van der Waals surface area contributed by atoms with Crippen molar-refractivity contribution in [3.63, 3.8) is 0 Å². The van der Waals surface area contributed by atoms with Crippen molar-refractivity contribution in [3.05, 3.63) is 35.9 Å². The Morgan fingerprint density at radius 2 is 1.89 bits per heavy atom. The predicted octanol–water partition coefficient (Wildman–Crippen LogP) is 4.06. The van der Waals surface area contributed by atoms with Crippen LogP contribution in [0.15, 0.2) is 30.3 Å². The quantitative estimate of drug-likeness (QED) is 0.692. The van der Waals surface area contributed by atoms with Gasteiger partial charge in [-0.25, -0.2) is 0 Å². The fourth-order valence-electron chi connectivity index (χ4n) is 2.33. The molecular weight excluding hydrogens is 302 g/mol. The fourth-order valence-corrected chi connectivity index (χ4v) is 2.76. The van der Waals surface area contributed by atoms with Gasteiger partial charge in [0.15, 0.2) is 0 Å². The molecule has 0 radical (unpaired) electrons. The molecule has 0 aromatic heterocycles. The number of benzene rings is 1. The van der Waals surface area contributed by atoms with Crippen molar-refractivity contribution < 1.29 is 4.79 Å². The minimum atomic E-state index is -0.0230. The first-order valence-electron chi connectivity index (χ1n) is 7.05. The Labute approximate surface area is 125 Å². The van der Waals surface area contributed by atoms with Gasteiger partial charge in [-0.15, -0.1) is 0 Å². The van der Waals surface area contributed by atoms with Crippen LogP contribution in [0.2, 0.25) is 0 Å². The number of likely N-dealkylation sites (N-methyl/N-ethyl adjacent to an activating group) is 1. The third-order valence-corrected chi connectivity index (χ3v) is 4.04. The van der Waals surface area contributed by atoms with E-state index in [9.17, 15) is 4.79 Å². The van der Waals surface area contributed by atoms with Crippen LogP contribution in [0.1, 0.15) is 38.7 Å². The average Bonchev–Trinajstić information content (AvgIpc) is 2.45. The first-order chi connectivity index (χ1) is 9.15. The number of carbonyl (C=O) groups excluding carboxylic acids is 1. The van der Waals surface area contributed by atoms with Crippen molar-refractivity contribution in [2.75, 3.05) is 18.4 Å². The average molecular weight is 326 g/mol. The monoisotopic (exact) mass is 325 g/mol. The van der Waals surface area contributed by atoms with Gasteiger partial charge in [0.25, 0.3) is 0 Å². The Bertz CT molecular complexity index is 380. The van der Waals surface area contributed by atoms with Gasteiger partial charge in [0.2, 0.25) is 5.91 Å². The second kappa shape index (κ2) is 8.36. The Morgan fingerprint density at radius 1 is 1.26 bits per heavy atom. The zero-order valence-corrected chi connectivity index (χ0v) is 13.7. The molecule has 0 heterocycles. The maximum atomic E-state index is 12.8. The number of hydrogen-bond acceptors (Lipinski definition) is 1. The molecule has 3 heteroatoms. The molecule has 2 atom stereocenters. The van der Waals surface area contributed by atoms with Crippen LogP contribution in [0.4, 0.5) is 0 Å². The lowest BCUT2D eigenvalue weighted by Gasteiger charge is -2.29. The molecular formula is C16H24BrNO. The van der Waals surface area contributed by atoms with Crippen LogP contribution < -0.4 is 0 Å². The normalized spacial score (nSPS) is 13.9. The maximum absolute atomic E-state index is 12.8. The lowest BCUT2D eigenvalue weighted by molar-refractivity contribution is -0.133. The highest BCUT2D eigenvalue weighted by atomic mass is 79.9. The summed E-state index contributed by atoms with van der Waals surface area (Å²) in [6.07, 6.45) is 1.01. The molecule has 0 bridgehead atoms. The first-order valence-corrected chi connectivity index (χ1v) is 8.17. The van der Waals surface area contributed by atoms with Gasteiger partial charge >= 0.3 is 0 Å². The van der Waals surface area contributed by atoms with E-state index in [2.05, 4.69) is 41.9 Å². The van der Waals surface area contributed by atoms with E-state index in [4.69, 9.17) is 0 Å². The van der Waals surface area contributed by atoms with Gasteiger partial charge in [-0.3, -0.25) is 4.79 Å². The molecule has 1 aromatic rings. The molecule has 0 aliphatic heterocycles. The topological polar surface area (TPSA) is 20.3 Å². The van der Waals surface area contributed by atoms with Gasteiger partial charge in [-0.1, -0.05) is 66.5 Å². The van der Waals surface area contributed by atoms with Crippen molar-refractivity contribution >= 4 is 21.8 Å². The number of carbonyl (C=O) groups is 1. The summed E-state index contributed by atoms with van der Waals surface area (Å²) in [5, 5.41) is 0.828. The van der Waals surface area contributed by atoms with Crippen LogP contribution in [0.25, 0.3) is 0 Å². The van der Waals surface area contributed by atoms with E-state index in [1.165, 1.54) is 0 Å². The number of halogens is 1. The van der Waals surface area contributed by atoms with Gasteiger partial charge < -0.3 is 4.90 Å². The largest absolute Gasteiger partial charge is 0.342 e. The number of hydrogen-bond donors (Lipinski definition) is 0. The summed E-state index contributed by atoms with van der Waals surface area (Å²) >= 11 is 3.42. The first kappa shape index (κ1) is 16.2. The zero-order valence-electron chi connectivity index (χ0n) is 12.1. The minimum absolute atomic E-state index is 0.0230. The van der Waals surface area contributed by atoms with E-state index in [0.717, 1.165) is 30.4 Å². The summed E-state index contributed by atoms with van der Waals surface area (Å²) in [4.78, 5) is 14.7. The Hall–Kier alpha value is -0.830. The molecule has 0 aliphatic rings. The number of nitrogens with zero attached hydrogens (tertiary/aromatic N) is 1. The third-order valence-electron chi connectivity index (χ3n) is 3.69. The van der Waals surface area contributed by atoms with E-state index in [0.29, 0.717) is 5.92 Å². The van der Waals surface area contributed by atoms with Crippen LogP contribution in [0.5, 0.6) is 0 Å². The van der Waals surface area contributed by atoms with Crippen LogP contribution in [-0.2, 0) is 4.79 Å². The summed E-state index contributed by atoms with van der Waals surface area (Å²) in [6.45, 7) is 7.89. The summed E-state index contributed by atoms with van der Waals surface area (Å²) < 4.78 is 0. The van der Waals surface area contributed by atoms with Gasteiger partial charge in [-0.05, 0) is 18.4 Å². The summed E-state index contributed by atoms with van der Waals surface area (Å²) in [7, 11) is 0. The molecule has 0 saturated carbocycles. The van der Waals surface area contributed by atoms with Gasteiger partial charge in [-0.2, -0.15) is 0 Å². The highest BCUT2D eigenvalue weighted by molar-refractivity contribution is 9.09. The van der Waals surface area contributed by atoms with Gasteiger partial charge in [0.1, 0.15) is 0 Å². The molecule has 0 spiro atoms. The van der Waals surface area contributed by atoms with E-state index in [1.807, 2.05) is 30.0 Å². The van der Waals surface area contributed by atoms with Crippen LogP contribution >= 0.6 is 15.9 Å². The molecule has 0 saturated heterocycles. The van der Waals surface area contributed by atoms with Gasteiger partial charge in [0.05, 0.1) is 5.92 Å². The standard InChI is InChI=1S/C16H24BrNO/c1-4-13(3)15(14-9-7-6-8-10-14)16(19)18(5-2)12-11-17/h6-10,13,15H,4-5,11-12H2,1-3H3. The van der Waals surface area contributed by atoms with E-state index in [1.54, 1.807) is 0 Å². The molecule has 0 N–H and O–H groups in total. The lowest BCUT2D eigenvalue weighted by Crippen LogP contribution is -2.38. The highest BCUT2D eigenvalue weighted by Crippen LogP contribution is 2.29. The van der Waals surface area contributed by atoms with Crippen molar-refractivity contribution in [1.82, 2.24) is 4.90 Å². The van der Waals surface area contributed by atoms with Crippen molar-refractivity contribution in [2.24, 2.45) is 5.92 Å². The molecule has 1 rings (SSSR count). The van der Waals surface area contributed by atoms with Crippen LogP contribution in [0, 0.1) is 5.92 Å². The molecule has 2 unspecified atom stereocenters. The second-order valence-electron chi connectivity index (χ2n) is 4.88. The van der Waals surface area contributed by atoms with Crippen LogP contribution in [0.3, 0.4) is 0 Å². The molecule has 0 fully saturated rings. The summed E-state index contributed by atoms with van der Waals surface area (Å²) in [5.41, 5.74) is 1.13. The van der Waals surface area contributed by atoms with Crippen molar-refractivity contribution in [1.29, 1.82) is 0 Å². The SMILES string of the molecule is CCC(C)C(C(=O)N(CC)CCBr)c1ccccc1. The molecule has 106 valence electrons. The predicted molar refractivity (Wildman–Crippen MR) is 84.7 cm³/mol. The Morgan fingerprint density at radius 3 is 2.37 bits per heavy atom. The van der Waals surface area contributed by atoms with Crippen LogP contribution in [-0.4, -0.2) is 29.2 Å². The zero-order chi connectivity index (χ0) is 14.3. The summed E-state index contributed by atoms with van der Waals surface area (Å²) in [6, 6.07) is 10.2. The molecule has 2 nitrogen and oxygen atoms in total. The summed E-state index contributed by atoms with van der Waals surface area (Å²) in [5.74, 6) is 0.590. The molecule has 0 aliphatic carbocycles.